The summed E-state index contributed by atoms with van der Waals surface area (Å²) in [5, 5.41) is 2.65. The van der Waals surface area contributed by atoms with Gasteiger partial charge in [-0.2, -0.15) is 11.8 Å². The van der Waals surface area contributed by atoms with Crippen LogP contribution in [0.5, 0.6) is 0 Å². The lowest BCUT2D eigenvalue weighted by Crippen LogP contribution is -2.49. The summed E-state index contributed by atoms with van der Waals surface area (Å²) >= 11 is 1.61. The van der Waals surface area contributed by atoms with Crippen molar-refractivity contribution in [1.29, 1.82) is 0 Å². The number of rotatable bonds is 10. The maximum Gasteiger partial charge on any atom is 0.328 e. The van der Waals surface area contributed by atoms with E-state index in [1.165, 1.54) is 7.11 Å². The van der Waals surface area contributed by atoms with Crippen molar-refractivity contribution in [3.8, 4) is 0 Å². The quantitative estimate of drug-likeness (QED) is 0.382. The number of esters is 1. The van der Waals surface area contributed by atoms with Gasteiger partial charge in [-0.05, 0) is 37.8 Å². The van der Waals surface area contributed by atoms with E-state index in [9.17, 15) is 9.59 Å². The third-order valence-electron chi connectivity index (χ3n) is 2.72. The highest BCUT2D eigenvalue weighted by atomic mass is 32.2. The summed E-state index contributed by atoms with van der Waals surface area (Å²) in [5.41, 5.74) is 11.1. The molecule has 1 amide bonds. The lowest BCUT2D eigenvalue weighted by molar-refractivity contribution is -0.145. The Hall–Kier alpha value is -0.790. The van der Waals surface area contributed by atoms with E-state index in [1.807, 2.05) is 6.26 Å². The molecule has 7 heteroatoms. The zero-order chi connectivity index (χ0) is 14.7. The number of carbonyl (C=O) groups excluding carboxylic acids is 2. The number of carbonyl (C=O) groups is 2. The Bertz CT molecular complexity index is 277. The van der Waals surface area contributed by atoms with Crippen LogP contribution in [-0.2, 0) is 14.3 Å². The summed E-state index contributed by atoms with van der Waals surface area (Å²) in [4.78, 5) is 23.4. The van der Waals surface area contributed by atoms with Crippen molar-refractivity contribution in [3.05, 3.63) is 0 Å². The van der Waals surface area contributed by atoms with Crippen LogP contribution in [0.15, 0.2) is 0 Å². The minimum absolute atomic E-state index is 0.312. The molecule has 5 N–H and O–H groups in total. The number of hydrogen-bond acceptors (Lipinski definition) is 6. The largest absolute Gasteiger partial charge is 0.467 e. The smallest absolute Gasteiger partial charge is 0.328 e. The molecule has 6 nitrogen and oxygen atoms in total. The first-order valence-electron chi connectivity index (χ1n) is 6.39. The van der Waals surface area contributed by atoms with Gasteiger partial charge < -0.3 is 21.5 Å². The van der Waals surface area contributed by atoms with Gasteiger partial charge >= 0.3 is 5.97 Å². The van der Waals surface area contributed by atoms with Crippen LogP contribution >= 0.6 is 11.8 Å². The van der Waals surface area contributed by atoms with Gasteiger partial charge in [0.05, 0.1) is 13.2 Å². The van der Waals surface area contributed by atoms with E-state index in [0.717, 1.165) is 18.6 Å². The lowest BCUT2D eigenvalue weighted by Gasteiger charge is -2.18. The van der Waals surface area contributed by atoms with Crippen LogP contribution in [0, 0.1) is 0 Å². The van der Waals surface area contributed by atoms with Crippen LogP contribution in [0.1, 0.15) is 25.7 Å². The molecule has 0 heterocycles. The molecule has 0 aromatic heterocycles. The van der Waals surface area contributed by atoms with Crippen molar-refractivity contribution >= 4 is 23.6 Å². The third-order valence-corrected chi connectivity index (χ3v) is 3.36. The normalized spacial score (nSPS) is 13.7. The minimum atomic E-state index is -0.620. The van der Waals surface area contributed by atoms with Gasteiger partial charge in [-0.25, -0.2) is 4.79 Å². The molecule has 0 radical (unpaired) electrons. The van der Waals surface area contributed by atoms with Gasteiger partial charge in [0, 0.05) is 0 Å². The van der Waals surface area contributed by atoms with Crippen LogP contribution in [-0.4, -0.2) is 49.6 Å². The zero-order valence-electron chi connectivity index (χ0n) is 11.7. The van der Waals surface area contributed by atoms with Crippen LogP contribution in [0.2, 0.25) is 0 Å². The van der Waals surface area contributed by atoms with Crippen molar-refractivity contribution in [2.45, 2.75) is 37.8 Å². The number of nitrogens with two attached hydrogens (primary N) is 2. The predicted octanol–water partition coefficient (Wildman–Crippen LogP) is -0.146. The predicted molar refractivity (Wildman–Crippen MR) is 77.8 cm³/mol. The van der Waals surface area contributed by atoms with Gasteiger partial charge in [-0.15, -0.1) is 0 Å². The first-order chi connectivity index (χ1) is 9.06. The monoisotopic (exact) mass is 291 g/mol. The molecule has 0 fully saturated rings. The topological polar surface area (TPSA) is 107 Å². The van der Waals surface area contributed by atoms with E-state index in [0.29, 0.717) is 19.4 Å². The van der Waals surface area contributed by atoms with Crippen molar-refractivity contribution in [1.82, 2.24) is 5.32 Å². The number of amides is 1. The Labute approximate surface area is 119 Å². The van der Waals surface area contributed by atoms with E-state index < -0.39 is 18.1 Å². The van der Waals surface area contributed by atoms with Crippen LogP contribution in [0.25, 0.3) is 0 Å². The third kappa shape index (κ3) is 8.07. The molecule has 0 aliphatic rings. The van der Waals surface area contributed by atoms with E-state index in [2.05, 4.69) is 10.1 Å². The molecule has 0 saturated heterocycles. The van der Waals surface area contributed by atoms with Gasteiger partial charge in [-0.1, -0.05) is 6.42 Å². The van der Waals surface area contributed by atoms with E-state index in [1.54, 1.807) is 11.8 Å². The molecule has 0 spiro atoms. The van der Waals surface area contributed by atoms with Gasteiger partial charge in [0.1, 0.15) is 6.04 Å². The molecule has 19 heavy (non-hydrogen) atoms. The van der Waals surface area contributed by atoms with Gasteiger partial charge in [0.15, 0.2) is 0 Å². The van der Waals surface area contributed by atoms with Crippen molar-refractivity contribution in [3.63, 3.8) is 0 Å². The van der Waals surface area contributed by atoms with E-state index in [4.69, 9.17) is 11.5 Å². The number of hydrogen-bond donors (Lipinski definition) is 3. The fraction of sp³-hybridized carbons (Fsp3) is 0.833. The molecule has 0 aromatic carbocycles. The number of unbranched alkanes of at least 4 members (excludes halogenated alkanes) is 1. The molecule has 0 unspecified atom stereocenters. The zero-order valence-corrected chi connectivity index (χ0v) is 12.5. The molecule has 0 bridgehead atoms. The van der Waals surface area contributed by atoms with E-state index in [-0.39, 0.29) is 5.91 Å². The minimum Gasteiger partial charge on any atom is -0.467 e. The summed E-state index contributed by atoms with van der Waals surface area (Å²) in [6, 6.07) is -1.22. The number of thioether (sulfide) groups is 1. The molecule has 0 aliphatic carbocycles. The standard InChI is InChI=1S/C12H25N3O3S/c1-18-12(17)10(6-8-19-2)15-11(16)9(14)5-3-4-7-13/h9-10H,3-8,13-14H2,1-2H3,(H,15,16)/t9-,10-/m0/s1. The Morgan fingerprint density at radius 2 is 2.00 bits per heavy atom. The van der Waals surface area contributed by atoms with E-state index >= 15 is 0 Å². The fourth-order valence-electron chi connectivity index (χ4n) is 1.55. The van der Waals surface area contributed by atoms with Gasteiger partial charge in [0.2, 0.25) is 5.91 Å². The lowest BCUT2D eigenvalue weighted by atomic mass is 10.1. The second kappa shape index (κ2) is 11.1. The number of nitrogens with one attached hydrogen (secondary N) is 1. The highest BCUT2D eigenvalue weighted by Crippen LogP contribution is 2.04. The molecule has 0 aliphatic heterocycles. The SMILES string of the molecule is COC(=O)[C@H](CCSC)NC(=O)[C@@H](N)CCCCN. The maximum atomic E-state index is 11.8. The average molecular weight is 291 g/mol. The maximum absolute atomic E-state index is 11.8. The summed E-state index contributed by atoms with van der Waals surface area (Å²) < 4.78 is 4.67. The molecule has 0 aromatic rings. The Morgan fingerprint density at radius 3 is 2.53 bits per heavy atom. The second-order valence-electron chi connectivity index (χ2n) is 4.26. The Kier molecular flexibility index (Phi) is 10.6. The second-order valence-corrected chi connectivity index (χ2v) is 5.24. The van der Waals surface area contributed by atoms with Crippen molar-refractivity contribution in [2.24, 2.45) is 11.5 Å². The van der Waals surface area contributed by atoms with Crippen LogP contribution < -0.4 is 16.8 Å². The van der Waals surface area contributed by atoms with Gasteiger partial charge in [0.25, 0.3) is 0 Å². The van der Waals surface area contributed by atoms with Crippen LogP contribution in [0.4, 0.5) is 0 Å². The fourth-order valence-corrected chi connectivity index (χ4v) is 2.02. The molecular weight excluding hydrogens is 266 g/mol. The number of methoxy groups -OCH3 is 1. The highest BCUT2D eigenvalue weighted by Gasteiger charge is 2.23. The van der Waals surface area contributed by atoms with Crippen molar-refractivity contribution < 1.29 is 14.3 Å². The molecule has 0 rings (SSSR count). The van der Waals surface area contributed by atoms with Crippen LogP contribution in [0.3, 0.4) is 0 Å². The van der Waals surface area contributed by atoms with Gasteiger partial charge in [-0.3, -0.25) is 4.79 Å². The number of ether oxygens (including phenoxy) is 1. The molecule has 0 saturated carbocycles. The summed E-state index contributed by atoms with van der Waals surface area (Å²) in [5.74, 6) is 0.0210. The Balaban J connectivity index is 4.24. The first-order valence-corrected chi connectivity index (χ1v) is 7.79. The summed E-state index contributed by atoms with van der Waals surface area (Å²) in [7, 11) is 1.31. The average Bonchev–Trinajstić information content (AvgIpc) is 2.42. The summed E-state index contributed by atoms with van der Waals surface area (Å²) in [6.45, 7) is 0.590. The Morgan fingerprint density at radius 1 is 1.32 bits per heavy atom. The molecular formula is C12H25N3O3S. The molecule has 2 atom stereocenters. The molecule has 112 valence electrons. The van der Waals surface area contributed by atoms with Crippen molar-refractivity contribution in [2.75, 3.05) is 25.7 Å². The summed E-state index contributed by atoms with van der Waals surface area (Å²) in [6.07, 6.45) is 4.69. The highest BCUT2D eigenvalue weighted by molar-refractivity contribution is 7.98. The first kappa shape index (κ1) is 18.2.